The molecule has 2 saturated carbocycles. The van der Waals surface area contributed by atoms with Crippen molar-refractivity contribution in [3.05, 3.63) is 59.7 Å². The first-order valence-corrected chi connectivity index (χ1v) is 26.0. The highest BCUT2D eigenvalue weighted by atomic mass is 28.3. The van der Waals surface area contributed by atoms with Crippen LogP contribution in [0, 0.1) is 11.8 Å². The minimum Gasteiger partial charge on any atom is -0.494 e. The first kappa shape index (κ1) is 36.7. The fourth-order valence-corrected chi connectivity index (χ4v) is 13.3. The summed E-state index contributed by atoms with van der Waals surface area (Å²) in [6.45, 7) is 16.4. The van der Waals surface area contributed by atoms with E-state index in [9.17, 15) is 5.11 Å². The molecule has 262 valence electrons. The van der Waals surface area contributed by atoms with Crippen LogP contribution in [0.15, 0.2) is 48.5 Å². The molecule has 3 unspecified atom stereocenters. The maximum atomic E-state index is 9.79. The predicted octanol–water partition coefficient (Wildman–Crippen LogP) is 10.9. The Hall–Kier alpha value is -1.61. The summed E-state index contributed by atoms with van der Waals surface area (Å²) in [7, 11) is -2.37. The third-order valence-corrected chi connectivity index (χ3v) is 18.8. The molecule has 5 rings (SSSR count). The molecule has 4 nitrogen and oxygen atoms in total. The third-order valence-electron chi connectivity index (χ3n) is 12.1. The number of epoxide rings is 1. The van der Waals surface area contributed by atoms with Crippen LogP contribution in [0.5, 0.6) is 11.5 Å². The van der Waals surface area contributed by atoms with Crippen molar-refractivity contribution in [3.63, 3.8) is 0 Å². The van der Waals surface area contributed by atoms with Crippen molar-refractivity contribution >= 4 is 16.1 Å². The summed E-state index contributed by atoms with van der Waals surface area (Å²) in [6, 6.07) is 23.0. The van der Waals surface area contributed by atoms with Gasteiger partial charge in [0.05, 0.1) is 31.5 Å². The number of hydrogen-bond donors (Lipinski definition) is 1. The highest BCUT2D eigenvalue weighted by molar-refractivity contribution is 6.77. The molecule has 1 aliphatic heterocycles. The Bertz CT molecular complexity index is 1220. The van der Waals surface area contributed by atoms with Gasteiger partial charge in [0.25, 0.3) is 0 Å². The van der Waals surface area contributed by atoms with Crippen LogP contribution in [0.3, 0.4) is 0 Å². The van der Waals surface area contributed by atoms with E-state index >= 15 is 0 Å². The lowest BCUT2D eigenvalue weighted by atomic mass is 9.78. The van der Waals surface area contributed by atoms with Crippen molar-refractivity contribution < 1.29 is 19.3 Å². The predicted molar refractivity (Wildman–Crippen MR) is 203 cm³/mol. The molecule has 0 aromatic heterocycles. The van der Waals surface area contributed by atoms with Gasteiger partial charge in [0.1, 0.15) is 11.5 Å². The van der Waals surface area contributed by atoms with Crippen LogP contribution in [0.25, 0.3) is 0 Å². The van der Waals surface area contributed by atoms with E-state index in [4.69, 9.17) is 14.2 Å². The largest absolute Gasteiger partial charge is 0.494 e. The number of benzene rings is 2. The molecule has 0 amide bonds. The highest BCUT2D eigenvalue weighted by Crippen LogP contribution is 2.42. The van der Waals surface area contributed by atoms with E-state index in [1.165, 1.54) is 80.2 Å². The standard InChI is InChI=1S/C41H66O4Si2/c1-41(2,34-12-18-37(19-13-34)43-25-7-27-46(3,4)29-23-32-9-16-36(42)17-10-32)35-14-20-38(21-15-35)44-26-8-28-47(5,6)30-24-33-11-22-39-40(31-33)45-39/h12-15,18-21,32-33,36,39-40,42H,7-11,16-17,22-31H2,1-6H3. The van der Waals surface area contributed by atoms with Crippen molar-refractivity contribution in [2.75, 3.05) is 13.2 Å². The fraction of sp³-hybridized carbons (Fsp3) is 0.707. The lowest BCUT2D eigenvalue weighted by Gasteiger charge is -2.29. The maximum absolute atomic E-state index is 9.79. The Morgan fingerprint density at radius 3 is 1.60 bits per heavy atom. The molecule has 0 bridgehead atoms. The molecule has 47 heavy (non-hydrogen) atoms. The van der Waals surface area contributed by atoms with Gasteiger partial charge in [0.15, 0.2) is 0 Å². The van der Waals surface area contributed by atoms with Gasteiger partial charge in [-0.15, -0.1) is 0 Å². The van der Waals surface area contributed by atoms with E-state index in [0.29, 0.717) is 12.2 Å². The summed E-state index contributed by atoms with van der Waals surface area (Å²) in [6.07, 6.45) is 14.7. The number of hydrogen-bond acceptors (Lipinski definition) is 4. The number of fused-ring (bicyclic) bond motifs is 1. The monoisotopic (exact) mass is 678 g/mol. The zero-order valence-corrected chi connectivity index (χ0v) is 32.7. The van der Waals surface area contributed by atoms with Crippen molar-refractivity contribution in [2.24, 2.45) is 11.8 Å². The number of ether oxygens (including phenoxy) is 3. The number of aliphatic hydroxyl groups is 1. The topological polar surface area (TPSA) is 51.2 Å². The van der Waals surface area contributed by atoms with Gasteiger partial charge in [-0.3, -0.25) is 0 Å². The van der Waals surface area contributed by atoms with Gasteiger partial charge in [0, 0.05) is 21.6 Å². The molecule has 0 spiro atoms. The summed E-state index contributed by atoms with van der Waals surface area (Å²) in [5, 5.41) is 9.79. The molecule has 2 aromatic rings. The molecule has 3 fully saturated rings. The molecule has 1 N–H and O–H groups in total. The third kappa shape index (κ3) is 11.5. The molecule has 0 radical (unpaired) electrons. The first-order valence-electron chi connectivity index (χ1n) is 19.2. The Labute approximate surface area is 289 Å². The van der Waals surface area contributed by atoms with E-state index in [1.54, 1.807) is 0 Å². The van der Waals surface area contributed by atoms with Crippen LogP contribution in [0.4, 0.5) is 0 Å². The van der Waals surface area contributed by atoms with Gasteiger partial charge in [-0.2, -0.15) is 0 Å². The van der Waals surface area contributed by atoms with E-state index in [2.05, 4.69) is 88.6 Å². The molecule has 3 aliphatic rings. The second-order valence-corrected chi connectivity index (χ2v) is 28.2. The van der Waals surface area contributed by atoms with Crippen LogP contribution in [-0.4, -0.2) is 52.8 Å². The minimum absolute atomic E-state index is 0.0397. The molecular formula is C41H66O4Si2. The average molecular weight is 679 g/mol. The fourth-order valence-electron chi connectivity index (χ4n) is 8.21. The Morgan fingerprint density at radius 1 is 0.638 bits per heavy atom. The lowest BCUT2D eigenvalue weighted by molar-refractivity contribution is 0.107. The second kappa shape index (κ2) is 16.4. The summed E-state index contributed by atoms with van der Waals surface area (Å²) < 4.78 is 18.1. The Balaban J connectivity index is 0.980. The van der Waals surface area contributed by atoms with Crippen molar-refractivity contribution in [1.29, 1.82) is 0 Å². The summed E-state index contributed by atoms with van der Waals surface area (Å²) in [5.41, 5.74) is 2.50. The van der Waals surface area contributed by atoms with Gasteiger partial charge in [0.2, 0.25) is 0 Å². The van der Waals surface area contributed by atoms with Crippen molar-refractivity contribution in [1.82, 2.24) is 0 Å². The van der Waals surface area contributed by atoms with E-state index in [1.807, 2.05) is 0 Å². The zero-order chi connectivity index (χ0) is 33.5. The van der Waals surface area contributed by atoms with Gasteiger partial charge in [-0.25, -0.2) is 0 Å². The van der Waals surface area contributed by atoms with Crippen molar-refractivity contribution in [3.8, 4) is 11.5 Å². The SMILES string of the molecule is CC(C)(c1ccc(OCCC[Si](C)(C)CCC2CCC(O)CC2)cc1)c1ccc(OCCC[Si](C)(C)CCC2CCC3OC3C2)cc1. The molecule has 1 saturated heterocycles. The van der Waals surface area contributed by atoms with Gasteiger partial charge >= 0.3 is 0 Å². The quantitative estimate of drug-likeness (QED) is 0.0968. The van der Waals surface area contributed by atoms with E-state index in [-0.39, 0.29) is 11.5 Å². The zero-order valence-electron chi connectivity index (χ0n) is 30.7. The van der Waals surface area contributed by atoms with E-state index < -0.39 is 16.1 Å². The van der Waals surface area contributed by atoms with Crippen LogP contribution < -0.4 is 9.47 Å². The maximum Gasteiger partial charge on any atom is 0.119 e. The molecule has 2 aromatic carbocycles. The second-order valence-electron chi connectivity index (χ2n) is 17.6. The minimum atomic E-state index is -1.20. The summed E-state index contributed by atoms with van der Waals surface area (Å²) >= 11 is 0. The molecule has 6 heteroatoms. The average Bonchev–Trinajstić information content (AvgIpc) is 3.84. The lowest BCUT2D eigenvalue weighted by Crippen LogP contribution is -2.27. The van der Waals surface area contributed by atoms with Crippen LogP contribution in [0.2, 0.25) is 50.4 Å². The Morgan fingerprint density at radius 2 is 1.11 bits per heavy atom. The normalized spacial score (nSPS) is 24.9. The summed E-state index contributed by atoms with van der Waals surface area (Å²) in [5.74, 6) is 3.70. The van der Waals surface area contributed by atoms with Gasteiger partial charge in [-0.1, -0.05) is 101 Å². The molecular weight excluding hydrogens is 613 g/mol. The van der Waals surface area contributed by atoms with Gasteiger partial charge in [-0.05, 0) is 105 Å². The van der Waals surface area contributed by atoms with Gasteiger partial charge < -0.3 is 19.3 Å². The van der Waals surface area contributed by atoms with Crippen LogP contribution in [-0.2, 0) is 10.2 Å². The highest BCUT2D eigenvalue weighted by Gasteiger charge is 2.43. The smallest absolute Gasteiger partial charge is 0.119 e. The molecule has 1 heterocycles. The molecule has 2 aliphatic carbocycles. The van der Waals surface area contributed by atoms with Crippen LogP contribution >= 0.6 is 0 Å². The molecule has 3 atom stereocenters. The van der Waals surface area contributed by atoms with E-state index in [0.717, 1.165) is 62.2 Å². The Kier molecular flexibility index (Phi) is 12.8. The van der Waals surface area contributed by atoms with Crippen LogP contribution in [0.1, 0.15) is 95.6 Å². The number of aliphatic hydroxyl groups excluding tert-OH is 1. The number of rotatable bonds is 18. The van der Waals surface area contributed by atoms with Crippen molar-refractivity contribution in [2.45, 2.75) is 159 Å². The summed E-state index contributed by atoms with van der Waals surface area (Å²) in [4.78, 5) is 0. The first-order chi connectivity index (χ1) is 22.4.